The lowest BCUT2D eigenvalue weighted by atomic mass is 10.1. The predicted octanol–water partition coefficient (Wildman–Crippen LogP) is 1.28. The van der Waals surface area contributed by atoms with E-state index in [1.54, 1.807) is 0 Å². The minimum absolute atomic E-state index is 0.160. The van der Waals surface area contributed by atoms with Gasteiger partial charge in [0.1, 0.15) is 0 Å². The highest BCUT2D eigenvalue weighted by Crippen LogP contribution is 2.21. The first-order valence-electron chi connectivity index (χ1n) is 7.19. The molecule has 1 aliphatic heterocycles. The number of carbonyl (C=O) groups is 1. The maximum Gasteiger partial charge on any atom is 0.415 e. The van der Waals surface area contributed by atoms with E-state index in [-0.39, 0.29) is 37.4 Å². The lowest BCUT2D eigenvalue weighted by Gasteiger charge is -2.35. The van der Waals surface area contributed by atoms with Gasteiger partial charge in [0.2, 0.25) is 0 Å². The van der Waals surface area contributed by atoms with E-state index in [4.69, 9.17) is 5.11 Å². The number of nitro benzene ring substituents is 1. The van der Waals surface area contributed by atoms with Crippen molar-refractivity contribution in [3.63, 3.8) is 0 Å². The molecule has 1 aromatic rings. The zero-order chi connectivity index (χ0) is 17.9. The Kier molecular flexibility index (Phi) is 5.40. The van der Waals surface area contributed by atoms with Crippen LogP contribution in [0.3, 0.4) is 0 Å². The van der Waals surface area contributed by atoms with Crippen LogP contribution in [0.15, 0.2) is 24.3 Å². The lowest BCUT2D eigenvalue weighted by Crippen LogP contribution is -2.52. The summed E-state index contributed by atoms with van der Waals surface area (Å²) in [6.45, 7) is 0.210. The minimum Gasteiger partial charge on any atom is -0.382 e. The molecule has 10 heteroatoms. The molecule has 1 N–H and O–H groups in total. The monoisotopic (exact) mass is 347 g/mol. The maximum absolute atomic E-state index is 12.3. The fourth-order valence-corrected chi connectivity index (χ4v) is 2.42. The molecule has 1 atom stereocenters. The van der Waals surface area contributed by atoms with Crippen molar-refractivity contribution in [1.82, 2.24) is 9.80 Å². The number of rotatable bonds is 4. The number of benzene rings is 1. The first-order valence-corrected chi connectivity index (χ1v) is 7.19. The second-order valence-electron chi connectivity index (χ2n) is 5.46. The van der Waals surface area contributed by atoms with E-state index in [0.717, 1.165) is 0 Å². The van der Waals surface area contributed by atoms with Crippen molar-refractivity contribution < 1.29 is 28.0 Å². The predicted molar refractivity (Wildman–Crippen MR) is 77.5 cm³/mol. The van der Waals surface area contributed by atoms with E-state index in [0.29, 0.717) is 0 Å². The zero-order valence-electron chi connectivity index (χ0n) is 12.6. The summed E-state index contributed by atoms with van der Waals surface area (Å²) in [5, 5.41) is 19.8. The van der Waals surface area contributed by atoms with Gasteiger partial charge in [0.15, 0.2) is 6.10 Å². The van der Waals surface area contributed by atoms with Gasteiger partial charge in [-0.05, 0) is 6.07 Å². The number of amides is 1. The summed E-state index contributed by atoms with van der Waals surface area (Å²) in [4.78, 5) is 25.3. The van der Waals surface area contributed by atoms with E-state index in [2.05, 4.69) is 0 Å². The van der Waals surface area contributed by atoms with Crippen LogP contribution in [-0.2, 0) is 0 Å². The van der Waals surface area contributed by atoms with Crippen LogP contribution in [0.1, 0.15) is 10.4 Å². The molecule has 0 aliphatic carbocycles. The summed E-state index contributed by atoms with van der Waals surface area (Å²) in [6, 6.07) is 5.30. The van der Waals surface area contributed by atoms with E-state index < -0.39 is 29.7 Å². The van der Waals surface area contributed by atoms with Gasteiger partial charge in [-0.15, -0.1) is 0 Å². The number of non-ortho nitro benzene ring substituents is 1. The summed E-state index contributed by atoms with van der Waals surface area (Å²) in [6.07, 6.45) is -7.09. The number of nitrogens with zero attached hydrogens (tertiary/aromatic N) is 3. The summed E-state index contributed by atoms with van der Waals surface area (Å²) in [5.74, 6) is -0.408. The number of alkyl halides is 3. The quantitative estimate of drug-likeness (QED) is 0.655. The van der Waals surface area contributed by atoms with Gasteiger partial charge >= 0.3 is 6.18 Å². The number of aliphatic hydroxyl groups is 1. The van der Waals surface area contributed by atoms with Gasteiger partial charge < -0.3 is 10.0 Å². The smallest absolute Gasteiger partial charge is 0.382 e. The van der Waals surface area contributed by atoms with Crippen molar-refractivity contribution in [1.29, 1.82) is 0 Å². The Hall–Kier alpha value is -2.20. The summed E-state index contributed by atoms with van der Waals surface area (Å²) >= 11 is 0. The fourth-order valence-electron chi connectivity index (χ4n) is 2.42. The molecule has 0 spiro atoms. The third-order valence-corrected chi connectivity index (χ3v) is 3.77. The van der Waals surface area contributed by atoms with Crippen LogP contribution in [0, 0.1) is 10.1 Å². The number of nitro groups is 1. The van der Waals surface area contributed by atoms with Gasteiger partial charge in [-0.3, -0.25) is 19.8 Å². The molecule has 1 aromatic carbocycles. The molecule has 0 aromatic heterocycles. The lowest BCUT2D eigenvalue weighted by molar-refractivity contribution is -0.384. The Morgan fingerprint density at radius 1 is 1.29 bits per heavy atom. The van der Waals surface area contributed by atoms with Crippen molar-refractivity contribution >= 4 is 11.6 Å². The van der Waals surface area contributed by atoms with Gasteiger partial charge in [0, 0.05) is 50.4 Å². The first kappa shape index (κ1) is 18.1. The van der Waals surface area contributed by atoms with Gasteiger partial charge in [-0.1, -0.05) is 6.07 Å². The molecule has 1 heterocycles. The third kappa shape index (κ3) is 4.42. The van der Waals surface area contributed by atoms with E-state index in [1.165, 1.54) is 34.1 Å². The van der Waals surface area contributed by atoms with Gasteiger partial charge in [-0.2, -0.15) is 13.2 Å². The maximum atomic E-state index is 12.3. The van der Waals surface area contributed by atoms with E-state index >= 15 is 0 Å². The van der Waals surface area contributed by atoms with Crippen LogP contribution in [0.2, 0.25) is 0 Å². The molecule has 1 amide bonds. The summed E-state index contributed by atoms with van der Waals surface area (Å²) < 4.78 is 37.0. The van der Waals surface area contributed by atoms with Crippen LogP contribution in [0.5, 0.6) is 0 Å². The molecule has 2 rings (SSSR count). The molecule has 7 nitrogen and oxygen atoms in total. The highest BCUT2D eigenvalue weighted by atomic mass is 19.4. The van der Waals surface area contributed by atoms with Crippen LogP contribution in [-0.4, -0.2) is 70.7 Å². The number of halogens is 3. The Morgan fingerprint density at radius 2 is 1.92 bits per heavy atom. The standard InChI is InChI=1S/C14H16F3N3O4/c15-14(16,17)12(21)9-18-4-6-19(7-5-18)13(22)10-2-1-3-11(8-10)20(23)24/h1-3,8,12,21H,4-7,9H2/t12-/m0/s1. The molecule has 0 radical (unpaired) electrons. The highest BCUT2D eigenvalue weighted by molar-refractivity contribution is 5.94. The molecule has 1 fully saturated rings. The Morgan fingerprint density at radius 3 is 2.46 bits per heavy atom. The van der Waals surface area contributed by atoms with E-state index in [9.17, 15) is 28.1 Å². The fraction of sp³-hybridized carbons (Fsp3) is 0.500. The number of β-amino-alcohol motifs (C(OH)–C–C–N with tert-alkyl or cyclic N) is 1. The van der Waals surface area contributed by atoms with Crippen molar-refractivity contribution in [3.05, 3.63) is 39.9 Å². The Labute approximate surface area is 135 Å². The van der Waals surface area contributed by atoms with Crippen LogP contribution >= 0.6 is 0 Å². The van der Waals surface area contributed by atoms with Gasteiger partial charge in [0.25, 0.3) is 11.6 Å². The molecule has 1 aliphatic rings. The van der Waals surface area contributed by atoms with Crippen molar-refractivity contribution in [2.24, 2.45) is 0 Å². The van der Waals surface area contributed by atoms with Gasteiger partial charge in [0.05, 0.1) is 4.92 Å². The third-order valence-electron chi connectivity index (χ3n) is 3.77. The minimum atomic E-state index is -4.67. The molecule has 0 unspecified atom stereocenters. The number of hydrogen-bond acceptors (Lipinski definition) is 5. The van der Waals surface area contributed by atoms with Gasteiger partial charge in [-0.25, -0.2) is 0 Å². The normalized spacial score (nSPS) is 17.6. The number of piperazine rings is 1. The van der Waals surface area contributed by atoms with Crippen LogP contribution in [0.4, 0.5) is 18.9 Å². The molecular weight excluding hydrogens is 331 g/mol. The topological polar surface area (TPSA) is 86.9 Å². The summed E-state index contributed by atoms with van der Waals surface area (Å²) in [7, 11) is 0. The van der Waals surface area contributed by atoms with Crippen LogP contribution in [0.25, 0.3) is 0 Å². The molecule has 24 heavy (non-hydrogen) atoms. The SMILES string of the molecule is O=C(c1cccc([N+](=O)[O-])c1)N1CCN(C[C@H](O)C(F)(F)F)CC1. The second kappa shape index (κ2) is 7.14. The number of carbonyl (C=O) groups excluding carboxylic acids is 1. The number of hydrogen-bond donors (Lipinski definition) is 1. The Balaban J connectivity index is 1.93. The molecule has 132 valence electrons. The Bertz CT molecular complexity index is 616. The largest absolute Gasteiger partial charge is 0.415 e. The van der Waals surface area contributed by atoms with Crippen molar-refractivity contribution in [3.8, 4) is 0 Å². The average molecular weight is 347 g/mol. The van der Waals surface area contributed by atoms with Crippen LogP contribution < -0.4 is 0 Å². The molecule has 0 bridgehead atoms. The average Bonchev–Trinajstić information content (AvgIpc) is 2.54. The van der Waals surface area contributed by atoms with Crippen molar-refractivity contribution in [2.75, 3.05) is 32.7 Å². The highest BCUT2D eigenvalue weighted by Gasteiger charge is 2.39. The molecule has 0 saturated carbocycles. The second-order valence-corrected chi connectivity index (χ2v) is 5.46. The van der Waals surface area contributed by atoms with Crippen molar-refractivity contribution in [2.45, 2.75) is 12.3 Å². The zero-order valence-corrected chi connectivity index (χ0v) is 12.6. The molecular formula is C14H16F3N3O4. The number of aliphatic hydroxyl groups excluding tert-OH is 1. The first-order chi connectivity index (χ1) is 11.2. The molecule has 1 saturated heterocycles. The summed E-state index contributed by atoms with van der Waals surface area (Å²) in [5.41, 5.74) is -0.0410. The van der Waals surface area contributed by atoms with E-state index in [1.807, 2.05) is 0 Å².